The molecule has 2 aliphatic rings. The lowest BCUT2D eigenvalue weighted by Crippen LogP contribution is -2.30. The number of nitrogens with zero attached hydrogens (tertiary/aromatic N) is 2. The smallest absolute Gasteiger partial charge is 0.273 e. The molecule has 0 N–H and O–H groups in total. The molecule has 2 aliphatic heterocycles. The summed E-state index contributed by atoms with van der Waals surface area (Å²) < 4.78 is 22.3. The number of carbonyl (C=O) groups excluding carboxylic acids is 1. The largest absolute Gasteiger partial charge is 0.493 e. The van der Waals surface area contributed by atoms with Crippen molar-refractivity contribution in [1.29, 1.82) is 0 Å². The number of methoxy groups -OCH3 is 2. The van der Waals surface area contributed by atoms with Crippen LogP contribution in [0.25, 0.3) is 10.6 Å². The van der Waals surface area contributed by atoms with Gasteiger partial charge in [-0.2, -0.15) is 0 Å². The number of amides is 1. The Kier molecular flexibility index (Phi) is 6.09. The quantitative estimate of drug-likeness (QED) is 0.529. The molecule has 0 aliphatic carbocycles. The zero-order valence-electron chi connectivity index (χ0n) is 18.7. The second-order valence-electron chi connectivity index (χ2n) is 8.02. The summed E-state index contributed by atoms with van der Waals surface area (Å²) in [5.41, 5.74) is 2.42. The Balaban J connectivity index is 1.38. The Hall–Kier alpha value is -3.26. The van der Waals surface area contributed by atoms with Gasteiger partial charge >= 0.3 is 0 Å². The number of likely N-dealkylation sites (tertiary alicyclic amines) is 1. The molecular weight excluding hydrogens is 440 g/mol. The number of ether oxygens (including phenoxy) is 4. The molecule has 3 aromatic rings. The SMILES string of the molecule is COc1ccc(-c2nc(C(=O)N3CCC[C@@H]3c3ccc4c(c3)OCCCO4)cs2)cc1OC. The fraction of sp³-hybridized carbons (Fsp3) is 0.360. The number of fused-ring (bicyclic) bond motifs is 1. The Morgan fingerprint density at radius 2 is 1.85 bits per heavy atom. The summed E-state index contributed by atoms with van der Waals surface area (Å²) in [7, 11) is 3.21. The summed E-state index contributed by atoms with van der Waals surface area (Å²) in [5.74, 6) is 2.77. The average Bonchev–Trinajstić information content (AvgIpc) is 3.48. The van der Waals surface area contributed by atoms with Gasteiger partial charge in [-0.1, -0.05) is 6.07 Å². The molecule has 5 rings (SSSR count). The first-order chi connectivity index (χ1) is 16.2. The standard InChI is InChI=1S/C25H26N2O5S/c1-29-20-8-7-17(14-22(20)30-2)24-26-18(15-33-24)25(28)27-10-3-5-19(27)16-6-9-21-23(13-16)32-12-4-11-31-21/h6-9,13-15,19H,3-5,10-12H2,1-2H3/t19-/m1/s1. The molecule has 7 nitrogen and oxygen atoms in total. The molecule has 0 saturated carbocycles. The van der Waals surface area contributed by atoms with Gasteiger partial charge in [0, 0.05) is 23.9 Å². The summed E-state index contributed by atoms with van der Waals surface area (Å²) in [6.45, 7) is 2.01. The number of rotatable bonds is 5. The molecular formula is C25H26N2O5S. The summed E-state index contributed by atoms with van der Waals surface area (Å²) in [6.07, 6.45) is 2.74. The van der Waals surface area contributed by atoms with Gasteiger partial charge in [-0.15, -0.1) is 11.3 Å². The van der Waals surface area contributed by atoms with Crippen LogP contribution in [0, 0.1) is 0 Å². The van der Waals surface area contributed by atoms with Crippen molar-refractivity contribution in [2.45, 2.75) is 25.3 Å². The van der Waals surface area contributed by atoms with E-state index in [2.05, 4.69) is 4.98 Å². The first-order valence-corrected chi connectivity index (χ1v) is 11.9. The molecule has 8 heteroatoms. The summed E-state index contributed by atoms with van der Waals surface area (Å²) in [6, 6.07) is 11.7. The van der Waals surface area contributed by atoms with E-state index in [0.29, 0.717) is 37.0 Å². The number of thiazole rings is 1. The fourth-order valence-corrected chi connectivity index (χ4v) is 5.16. The lowest BCUT2D eigenvalue weighted by Gasteiger charge is -2.25. The van der Waals surface area contributed by atoms with Gasteiger partial charge in [0.2, 0.25) is 0 Å². The van der Waals surface area contributed by atoms with Crippen LogP contribution in [0.1, 0.15) is 41.4 Å². The molecule has 1 fully saturated rings. The number of aromatic nitrogens is 1. The van der Waals surface area contributed by atoms with Gasteiger partial charge in [-0.25, -0.2) is 4.98 Å². The van der Waals surface area contributed by atoms with E-state index < -0.39 is 0 Å². The maximum atomic E-state index is 13.4. The van der Waals surface area contributed by atoms with Gasteiger partial charge in [-0.05, 0) is 48.7 Å². The normalized spacial score (nSPS) is 17.5. The lowest BCUT2D eigenvalue weighted by atomic mass is 10.0. The average molecular weight is 467 g/mol. The van der Waals surface area contributed by atoms with E-state index in [4.69, 9.17) is 18.9 Å². The molecule has 2 aromatic carbocycles. The molecule has 0 radical (unpaired) electrons. The maximum absolute atomic E-state index is 13.4. The third-order valence-corrected chi connectivity index (χ3v) is 6.92. The van der Waals surface area contributed by atoms with Gasteiger partial charge in [0.1, 0.15) is 10.7 Å². The molecule has 1 aromatic heterocycles. The van der Waals surface area contributed by atoms with E-state index in [9.17, 15) is 4.79 Å². The van der Waals surface area contributed by atoms with E-state index in [0.717, 1.165) is 46.9 Å². The molecule has 0 bridgehead atoms. The third-order valence-electron chi connectivity index (χ3n) is 6.02. The monoisotopic (exact) mass is 466 g/mol. The highest BCUT2D eigenvalue weighted by Gasteiger charge is 2.32. The molecule has 1 saturated heterocycles. The minimum Gasteiger partial charge on any atom is -0.493 e. The molecule has 0 unspecified atom stereocenters. The Bertz CT molecular complexity index is 1160. The van der Waals surface area contributed by atoms with Crippen LogP contribution in [0.5, 0.6) is 23.0 Å². The van der Waals surface area contributed by atoms with Gasteiger partial charge < -0.3 is 23.8 Å². The molecule has 33 heavy (non-hydrogen) atoms. The second-order valence-corrected chi connectivity index (χ2v) is 8.88. The van der Waals surface area contributed by atoms with Gasteiger partial charge in [0.05, 0.1) is 33.5 Å². The zero-order chi connectivity index (χ0) is 22.8. The molecule has 0 spiro atoms. The van der Waals surface area contributed by atoms with E-state index in [1.165, 1.54) is 11.3 Å². The van der Waals surface area contributed by atoms with Gasteiger partial charge in [-0.3, -0.25) is 4.79 Å². The number of carbonyl (C=O) groups is 1. The zero-order valence-corrected chi connectivity index (χ0v) is 19.5. The van der Waals surface area contributed by atoms with Crippen LogP contribution in [0.4, 0.5) is 0 Å². The third kappa shape index (κ3) is 4.23. The summed E-state index contributed by atoms with van der Waals surface area (Å²) in [4.78, 5) is 20.0. The van der Waals surface area contributed by atoms with Crippen molar-refractivity contribution in [3.05, 3.63) is 53.0 Å². The van der Waals surface area contributed by atoms with E-state index in [1.807, 2.05) is 46.7 Å². The Labute approximate surface area is 196 Å². The molecule has 3 heterocycles. The first-order valence-electron chi connectivity index (χ1n) is 11.1. The van der Waals surface area contributed by atoms with E-state index in [1.54, 1.807) is 14.2 Å². The number of benzene rings is 2. The van der Waals surface area contributed by atoms with Gasteiger partial charge in [0.15, 0.2) is 23.0 Å². The van der Waals surface area contributed by atoms with Gasteiger partial charge in [0.25, 0.3) is 5.91 Å². The van der Waals surface area contributed by atoms with Crippen molar-refractivity contribution in [3.63, 3.8) is 0 Å². The second kappa shape index (κ2) is 9.31. The predicted molar refractivity (Wildman–Crippen MR) is 126 cm³/mol. The molecule has 1 atom stereocenters. The van der Waals surface area contributed by atoms with Crippen molar-refractivity contribution in [1.82, 2.24) is 9.88 Å². The molecule has 172 valence electrons. The van der Waals surface area contributed by atoms with E-state index >= 15 is 0 Å². The topological polar surface area (TPSA) is 70.1 Å². The van der Waals surface area contributed by atoms with Crippen molar-refractivity contribution in [2.24, 2.45) is 0 Å². The number of hydrogen-bond acceptors (Lipinski definition) is 7. The molecule has 1 amide bonds. The highest BCUT2D eigenvalue weighted by atomic mass is 32.1. The lowest BCUT2D eigenvalue weighted by molar-refractivity contribution is 0.0730. The van der Waals surface area contributed by atoms with Crippen LogP contribution in [0.3, 0.4) is 0 Å². The van der Waals surface area contributed by atoms with Crippen LogP contribution >= 0.6 is 11.3 Å². The highest BCUT2D eigenvalue weighted by molar-refractivity contribution is 7.13. The van der Waals surface area contributed by atoms with Crippen LogP contribution < -0.4 is 18.9 Å². The van der Waals surface area contributed by atoms with Crippen molar-refractivity contribution in [3.8, 4) is 33.6 Å². The minimum absolute atomic E-state index is 0.000818. The number of hydrogen-bond donors (Lipinski definition) is 0. The highest BCUT2D eigenvalue weighted by Crippen LogP contribution is 2.39. The van der Waals surface area contributed by atoms with Crippen molar-refractivity contribution < 1.29 is 23.7 Å². The minimum atomic E-state index is -0.0485. The van der Waals surface area contributed by atoms with Crippen LogP contribution in [0.15, 0.2) is 41.8 Å². The van der Waals surface area contributed by atoms with Crippen molar-refractivity contribution >= 4 is 17.2 Å². The fourth-order valence-electron chi connectivity index (χ4n) is 4.36. The maximum Gasteiger partial charge on any atom is 0.273 e. The Morgan fingerprint density at radius 1 is 1.03 bits per heavy atom. The first kappa shape index (κ1) is 21.6. The van der Waals surface area contributed by atoms with Crippen LogP contribution in [0.2, 0.25) is 0 Å². The van der Waals surface area contributed by atoms with Crippen LogP contribution in [-0.4, -0.2) is 49.8 Å². The Morgan fingerprint density at radius 3 is 2.67 bits per heavy atom. The van der Waals surface area contributed by atoms with E-state index in [-0.39, 0.29) is 11.9 Å². The summed E-state index contributed by atoms with van der Waals surface area (Å²) in [5, 5.41) is 2.60. The predicted octanol–water partition coefficient (Wildman–Crippen LogP) is 4.97. The van der Waals surface area contributed by atoms with Crippen molar-refractivity contribution in [2.75, 3.05) is 34.0 Å². The summed E-state index contributed by atoms with van der Waals surface area (Å²) >= 11 is 1.45. The van der Waals surface area contributed by atoms with Crippen LogP contribution in [-0.2, 0) is 0 Å².